The van der Waals surface area contributed by atoms with Gasteiger partial charge in [-0.3, -0.25) is 0 Å². The van der Waals surface area contributed by atoms with Crippen molar-refractivity contribution in [2.24, 2.45) is 0 Å². The number of nitrogens with zero attached hydrogens (tertiary/aromatic N) is 4. The van der Waals surface area contributed by atoms with Crippen molar-refractivity contribution in [2.45, 2.75) is 37.8 Å². The number of morpholine rings is 1. The predicted octanol–water partition coefficient (Wildman–Crippen LogP) is 5.25. The Labute approximate surface area is 225 Å². The summed E-state index contributed by atoms with van der Waals surface area (Å²) in [5, 5.41) is 3.86. The molecule has 0 bridgehead atoms. The summed E-state index contributed by atoms with van der Waals surface area (Å²) >= 11 is 5.87. The van der Waals surface area contributed by atoms with Crippen molar-refractivity contribution >= 4 is 40.2 Å². The molecule has 2 aliphatic rings. The van der Waals surface area contributed by atoms with Gasteiger partial charge in [0.1, 0.15) is 5.82 Å². The van der Waals surface area contributed by atoms with Crippen LogP contribution in [0.2, 0.25) is 5.02 Å². The zero-order valence-corrected chi connectivity index (χ0v) is 22.2. The molecule has 9 nitrogen and oxygen atoms in total. The summed E-state index contributed by atoms with van der Waals surface area (Å²) < 4.78 is 30.8. The molecule has 2 amide bonds. The molecule has 3 aromatic rings. The number of carbonyl (C=O) groups is 1. The first-order chi connectivity index (χ1) is 18.4. The molecular weight excluding hydrogens is 513 g/mol. The molecule has 2 aromatic carbocycles. The lowest BCUT2D eigenvalue weighted by Crippen LogP contribution is -2.51. The molecule has 5 rings (SSSR count). The van der Waals surface area contributed by atoms with E-state index in [1.165, 1.54) is 12.1 Å². The highest BCUT2D eigenvalue weighted by Crippen LogP contribution is 2.35. The van der Waals surface area contributed by atoms with Crippen molar-refractivity contribution in [3.8, 4) is 11.5 Å². The fourth-order valence-corrected chi connectivity index (χ4v) is 5.10. The SMILES string of the molecule is COc1cc2nc(Nc3ccc(F)c(Cl)c3)ncc2cc1OC1CCC(N(C)C(=O)N2CCOCC2)CC1. The molecule has 38 heavy (non-hydrogen) atoms. The standard InChI is InChI=1S/C27H31ClFN5O4/c1-33(27(35)34-9-11-37-12-10-34)19-4-6-20(7-5-19)38-25-13-17-16-30-26(32-23(17)15-24(25)36-2)31-18-3-8-22(29)21(28)14-18/h3,8,13-16,19-20H,4-7,9-12H2,1-2H3,(H,30,31,32). The molecule has 1 N–H and O–H groups in total. The highest BCUT2D eigenvalue weighted by Gasteiger charge is 2.30. The zero-order valence-electron chi connectivity index (χ0n) is 21.5. The lowest BCUT2D eigenvalue weighted by molar-refractivity contribution is 0.0369. The molecule has 0 radical (unpaired) electrons. The zero-order chi connectivity index (χ0) is 26.6. The van der Waals surface area contributed by atoms with Gasteiger partial charge >= 0.3 is 6.03 Å². The number of amides is 2. The smallest absolute Gasteiger partial charge is 0.320 e. The molecule has 1 aromatic heterocycles. The minimum atomic E-state index is -0.490. The summed E-state index contributed by atoms with van der Waals surface area (Å²) in [5.41, 5.74) is 1.25. The number of nitrogens with one attached hydrogen (secondary N) is 1. The van der Waals surface area contributed by atoms with Crippen LogP contribution in [0.1, 0.15) is 25.7 Å². The largest absolute Gasteiger partial charge is 0.493 e. The van der Waals surface area contributed by atoms with Gasteiger partial charge in [-0.05, 0) is 49.9 Å². The van der Waals surface area contributed by atoms with Crippen molar-refractivity contribution in [3.05, 3.63) is 47.4 Å². The third-order valence-electron chi connectivity index (χ3n) is 7.11. The molecule has 1 aliphatic carbocycles. The number of methoxy groups -OCH3 is 1. The summed E-state index contributed by atoms with van der Waals surface area (Å²) in [6.07, 6.45) is 5.15. The average Bonchev–Trinajstić information content (AvgIpc) is 2.95. The molecule has 2 fully saturated rings. The van der Waals surface area contributed by atoms with E-state index in [9.17, 15) is 9.18 Å². The van der Waals surface area contributed by atoms with Crippen LogP contribution in [0.4, 0.5) is 20.8 Å². The number of benzene rings is 2. The van der Waals surface area contributed by atoms with Gasteiger partial charge in [-0.1, -0.05) is 11.6 Å². The van der Waals surface area contributed by atoms with Gasteiger partial charge in [0.2, 0.25) is 5.95 Å². The quantitative estimate of drug-likeness (QED) is 0.454. The summed E-state index contributed by atoms with van der Waals surface area (Å²) in [4.78, 5) is 25.5. The first-order valence-corrected chi connectivity index (χ1v) is 13.1. The van der Waals surface area contributed by atoms with Crippen molar-refractivity contribution in [2.75, 3.05) is 45.8 Å². The number of urea groups is 1. The van der Waals surface area contributed by atoms with Crippen molar-refractivity contribution < 1.29 is 23.4 Å². The fourth-order valence-electron chi connectivity index (χ4n) is 4.92. The second-order valence-corrected chi connectivity index (χ2v) is 9.96. The number of anilines is 2. The summed E-state index contributed by atoms with van der Waals surface area (Å²) in [6.45, 7) is 2.48. The van der Waals surface area contributed by atoms with E-state index >= 15 is 0 Å². The van der Waals surface area contributed by atoms with Crippen molar-refractivity contribution in [3.63, 3.8) is 0 Å². The Bertz CT molecular complexity index is 1300. The fraction of sp³-hybridized carbons (Fsp3) is 0.444. The molecule has 1 saturated carbocycles. The van der Waals surface area contributed by atoms with Gasteiger partial charge in [0, 0.05) is 49.5 Å². The highest BCUT2D eigenvalue weighted by molar-refractivity contribution is 6.31. The lowest BCUT2D eigenvalue weighted by atomic mass is 9.92. The average molecular weight is 544 g/mol. The van der Waals surface area contributed by atoms with Crippen LogP contribution in [-0.2, 0) is 4.74 Å². The number of halogens is 2. The van der Waals surface area contributed by atoms with Gasteiger partial charge in [0.05, 0.1) is 37.0 Å². The summed E-state index contributed by atoms with van der Waals surface area (Å²) in [6, 6.07) is 8.29. The molecule has 0 spiro atoms. The molecule has 0 unspecified atom stereocenters. The van der Waals surface area contributed by atoms with E-state index in [-0.39, 0.29) is 23.2 Å². The molecule has 11 heteroatoms. The van der Waals surface area contributed by atoms with E-state index in [4.69, 9.17) is 25.8 Å². The van der Waals surface area contributed by atoms with Crippen LogP contribution >= 0.6 is 11.6 Å². The molecule has 2 heterocycles. The number of carbonyl (C=O) groups excluding carboxylic acids is 1. The maximum atomic E-state index is 13.5. The molecular formula is C27H31ClFN5O4. The van der Waals surface area contributed by atoms with E-state index in [0.717, 1.165) is 31.1 Å². The van der Waals surface area contributed by atoms with Crippen LogP contribution in [0, 0.1) is 5.82 Å². The van der Waals surface area contributed by atoms with E-state index < -0.39 is 5.82 Å². The topological polar surface area (TPSA) is 89.0 Å². The lowest BCUT2D eigenvalue weighted by Gasteiger charge is -2.38. The third-order valence-corrected chi connectivity index (χ3v) is 7.40. The van der Waals surface area contributed by atoms with Gasteiger partial charge in [0.15, 0.2) is 11.5 Å². The normalized spacial score (nSPS) is 19.7. The van der Waals surface area contributed by atoms with Gasteiger partial charge in [0.25, 0.3) is 0 Å². The highest BCUT2D eigenvalue weighted by atomic mass is 35.5. The minimum absolute atomic E-state index is 0.0172. The van der Waals surface area contributed by atoms with Crippen molar-refractivity contribution in [1.82, 2.24) is 19.8 Å². The first kappa shape index (κ1) is 26.2. The van der Waals surface area contributed by atoms with E-state index in [0.29, 0.717) is 55.0 Å². The Morgan fingerprint density at radius 2 is 1.92 bits per heavy atom. The van der Waals surface area contributed by atoms with Gasteiger partial charge in [-0.25, -0.2) is 19.2 Å². The predicted molar refractivity (Wildman–Crippen MR) is 143 cm³/mol. The third kappa shape index (κ3) is 5.86. The molecule has 0 atom stereocenters. The Morgan fingerprint density at radius 3 is 2.63 bits per heavy atom. The Kier molecular flexibility index (Phi) is 7.99. The van der Waals surface area contributed by atoms with Crippen LogP contribution in [0.5, 0.6) is 11.5 Å². The Hall–Kier alpha value is -3.37. The second kappa shape index (κ2) is 11.6. The van der Waals surface area contributed by atoms with Crippen LogP contribution in [0.3, 0.4) is 0 Å². The van der Waals surface area contributed by atoms with Crippen LogP contribution in [0.25, 0.3) is 10.9 Å². The van der Waals surface area contributed by atoms with E-state index in [1.807, 2.05) is 29.0 Å². The molecule has 1 saturated heterocycles. The first-order valence-electron chi connectivity index (χ1n) is 12.7. The Balaban J connectivity index is 1.23. The number of rotatable bonds is 6. The van der Waals surface area contributed by atoms with Crippen LogP contribution < -0.4 is 14.8 Å². The molecule has 1 aliphatic heterocycles. The summed E-state index contributed by atoms with van der Waals surface area (Å²) in [5.74, 6) is 1.07. The summed E-state index contributed by atoms with van der Waals surface area (Å²) in [7, 11) is 3.49. The number of hydrogen-bond donors (Lipinski definition) is 1. The monoisotopic (exact) mass is 543 g/mol. The maximum Gasteiger partial charge on any atom is 0.320 e. The van der Waals surface area contributed by atoms with Gasteiger partial charge < -0.3 is 29.3 Å². The van der Waals surface area contributed by atoms with E-state index in [2.05, 4.69) is 15.3 Å². The van der Waals surface area contributed by atoms with Gasteiger partial charge in [-0.2, -0.15) is 0 Å². The maximum absolute atomic E-state index is 13.5. The Morgan fingerprint density at radius 1 is 1.16 bits per heavy atom. The number of aromatic nitrogens is 2. The van der Waals surface area contributed by atoms with Gasteiger partial charge in [-0.15, -0.1) is 0 Å². The van der Waals surface area contributed by atoms with Crippen LogP contribution in [0.15, 0.2) is 36.5 Å². The van der Waals surface area contributed by atoms with Crippen molar-refractivity contribution in [1.29, 1.82) is 0 Å². The number of hydrogen-bond acceptors (Lipinski definition) is 7. The number of fused-ring (bicyclic) bond motifs is 1. The number of ether oxygens (including phenoxy) is 3. The second-order valence-electron chi connectivity index (χ2n) is 9.55. The van der Waals surface area contributed by atoms with Crippen LogP contribution in [-0.4, -0.2) is 78.4 Å². The van der Waals surface area contributed by atoms with E-state index in [1.54, 1.807) is 19.4 Å². The minimum Gasteiger partial charge on any atom is -0.493 e. The molecule has 202 valence electrons.